The van der Waals surface area contributed by atoms with Crippen LogP contribution in [0, 0.1) is 0 Å². The molecule has 0 amide bonds. The van der Waals surface area contributed by atoms with Gasteiger partial charge >= 0.3 is 0 Å². The van der Waals surface area contributed by atoms with Crippen molar-refractivity contribution in [2.24, 2.45) is 0 Å². The summed E-state index contributed by atoms with van der Waals surface area (Å²) in [4.78, 5) is 0. The predicted molar refractivity (Wildman–Crippen MR) is 114 cm³/mol. The number of fused-ring (bicyclic) bond motifs is 1. The van der Waals surface area contributed by atoms with Crippen molar-refractivity contribution in [1.29, 1.82) is 0 Å². The highest BCUT2D eigenvalue weighted by atomic mass is 16.7. The number of methoxy groups -OCH3 is 2. The highest BCUT2D eigenvalue weighted by Gasteiger charge is 2.44. The largest absolute Gasteiger partial charge is 0.504 e. The fraction of sp³-hybridized carbons (Fsp3) is 0.478. The zero-order valence-electron chi connectivity index (χ0n) is 18.2. The SMILES string of the molecule is COc1ccc([C@@H]2COc3cc(O[C@H]4O[C@H](CO)[C@@H](O)[C@H](O)[C@H]4O)ccc3C2)c(O)c1OC. The smallest absolute Gasteiger partial charge is 0.229 e. The summed E-state index contributed by atoms with van der Waals surface area (Å²) < 4.78 is 27.5. The standard InChI is InChI=1S/C23H28O10/c1-29-15-6-5-14(18(25)22(15)30-2)12-7-11-3-4-13(8-16(11)31-10-12)32-23-21(28)20(27)19(26)17(9-24)33-23/h3-6,8,12,17,19-21,23-28H,7,9-10H2,1-2H3/t12-,17+,19+,20-,21+,23-/m0/s1. The van der Waals surface area contributed by atoms with Crippen molar-refractivity contribution in [3.63, 3.8) is 0 Å². The van der Waals surface area contributed by atoms with Gasteiger partial charge in [0.2, 0.25) is 12.0 Å². The van der Waals surface area contributed by atoms with E-state index in [2.05, 4.69) is 0 Å². The molecule has 33 heavy (non-hydrogen) atoms. The normalized spacial score (nSPS) is 29.0. The van der Waals surface area contributed by atoms with E-state index in [0.717, 1.165) is 5.56 Å². The summed E-state index contributed by atoms with van der Waals surface area (Å²) in [6, 6.07) is 8.63. The van der Waals surface area contributed by atoms with Gasteiger partial charge in [-0.1, -0.05) is 12.1 Å². The van der Waals surface area contributed by atoms with Crippen molar-refractivity contribution in [2.75, 3.05) is 27.4 Å². The molecule has 1 fully saturated rings. The first-order valence-corrected chi connectivity index (χ1v) is 10.5. The Morgan fingerprint density at radius 3 is 2.48 bits per heavy atom. The maximum atomic E-state index is 10.7. The maximum Gasteiger partial charge on any atom is 0.229 e. The molecule has 2 aromatic carbocycles. The van der Waals surface area contributed by atoms with Crippen LogP contribution >= 0.6 is 0 Å². The molecule has 0 aliphatic carbocycles. The molecule has 0 saturated carbocycles. The van der Waals surface area contributed by atoms with Crippen molar-refractivity contribution >= 4 is 0 Å². The van der Waals surface area contributed by atoms with E-state index in [1.165, 1.54) is 14.2 Å². The summed E-state index contributed by atoms with van der Waals surface area (Å²) in [6.07, 6.45) is -6.22. The third kappa shape index (κ3) is 4.40. The quantitative estimate of drug-likeness (QED) is 0.405. The van der Waals surface area contributed by atoms with Gasteiger partial charge in [-0.05, 0) is 24.1 Å². The molecule has 2 aromatic rings. The predicted octanol–water partition coefficient (Wildman–Crippen LogP) is 0.307. The highest BCUT2D eigenvalue weighted by molar-refractivity contribution is 5.57. The first kappa shape index (κ1) is 23.4. The number of phenolic OH excluding ortho intramolecular Hbond substituents is 1. The lowest BCUT2D eigenvalue weighted by atomic mass is 9.89. The molecule has 5 N–H and O–H groups in total. The summed E-state index contributed by atoms with van der Waals surface area (Å²) in [5, 5.41) is 50.0. The Labute approximate surface area is 190 Å². The lowest BCUT2D eigenvalue weighted by Crippen LogP contribution is -2.60. The molecule has 0 aromatic heterocycles. The van der Waals surface area contributed by atoms with E-state index >= 15 is 0 Å². The number of aliphatic hydroxyl groups is 4. The first-order chi connectivity index (χ1) is 15.9. The molecule has 2 aliphatic rings. The van der Waals surface area contributed by atoms with E-state index in [0.29, 0.717) is 35.8 Å². The summed E-state index contributed by atoms with van der Waals surface area (Å²) in [5.74, 6) is 1.50. The second-order valence-electron chi connectivity index (χ2n) is 8.04. The van der Waals surface area contributed by atoms with Crippen LogP contribution in [-0.4, -0.2) is 83.7 Å². The van der Waals surface area contributed by atoms with E-state index in [4.69, 9.17) is 23.7 Å². The number of hydrogen-bond acceptors (Lipinski definition) is 10. The number of aliphatic hydroxyl groups excluding tert-OH is 4. The number of phenols is 1. The summed E-state index contributed by atoms with van der Waals surface area (Å²) in [5.41, 5.74) is 1.57. The number of rotatable bonds is 6. The molecule has 1 saturated heterocycles. The molecule has 4 rings (SSSR count). The zero-order chi connectivity index (χ0) is 23.7. The van der Waals surface area contributed by atoms with E-state index in [1.54, 1.807) is 30.3 Å². The Morgan fingerprint density at radius 2 is 1.79 bits per heavy atom. The third-order valence-electron chi connectivity index (χ3n) is 6.04. The van der Waals surface area contributed by atoms with Crippen molar-refractivity contribution in [3.8, 4) is 28.7 Å². The van der Waals surface area contributed by atoms with Gasteiger partial charge in [-0.15, -0.1) is 0 Å². The van der Waals surface area contributed by atoms with Crippen molar-refractivity contribution in [2.45, 2.75) is 43.0 Å². The molecular formula is C23H28O10. The Morgan fingerprint density at radius 1 is 1.00 bits per heavy atom. The van der Waals surface area contributed by atoms with E-state index in [1.807, 2.05) is 0 Å². The van der Waals surface area contributed by atoms with Crippen LogP contribution in [-0.2, 0) is 11.2 Å². The Kier molecular flexibility index (Phi) is 6.82. The zero-order valence-corrected chi connectivity index (χ0v) is 18.2. The van der Waals surface area contributed by atoms with Gasteiger partial charge in [-0.25, -0.2) is 0 Å². The monoisotopic (exact) mass is 464 g/mol. The molecule has 180 valence electrons. The maximum absolute atomic E-state index is 10.7. The Balaban J connectivity index is 1.50. The van der Waals surface area contributed by atoms with Crippen molar-refractivity contribution in [1.82, 2.24) is 0 Å². The third-order valence-corrected chi connectivity index (χ3v) is 6.04. The molecular weight excluding hydrogens is 436 g/mol. The molecule has 10 heteroatoms. The van der Waals surface area contributed by atoms with Crippen LogP contribution in [0.5, 0.6) is 28.7 Å². The van der Waals surface area contributed by atoms with Crippen molar-refractivity contribution in [3.05, 3.63) is 41.5 Å². The summed E-state index contributed by atoms with van der Waals surface area (Å²) in [6.45, 7) is -0.234. The molecule has 0 bridgehead atoms. The molecule has 0 unspecified atom stereocenters. The minimum Gasteiger partial charge on any atom is -0.504 e. The molecule has 2 aliphatic heterocycles. The van der Waals surface area contributed by atoms with Gasteiger partial charge in [-0.3, -0.25) is 0 Å². The lowest BCUT2D eigenvalue weighted by Gasteiger charge is -2.39. The van der Waals surface area contributed by atoms with Crippen LogP contribution in [0.3, 0.4) is 0 Å². The van der Waals surface area contributed by atoms with Gasteiger partial charge in [0, 0.05) is 17.5 Å². The van der Waals surface area contributed by atoms with Crippen LogP contribution in [0.2, 0.25) is 0 Å². The van der Waals surface area contributed by atoms with Gasteiger partial charge in [0.1, 0.15) is 35.9 Å². The van der Waals surface area contributed by atoms with Crippen LogP contribution in [0.25, 0.3) is 0 Å². The van der Waals surface area contributed by atoms with Crippen molar-refractivity contribution < 1.29 is 49.2 Å². The number of aromatic hydroxyl groups is 1. The van der Waals surface area contributed by atoms with Gasteiger partial charge in [0.25, 0.3) is 0 Å². The average Bonchev–Trinajstić information content (AvgIpc) is 2.83. The second-order valence-corrected chi connectivity index (χ2v) is 8.04. The molecule has 2 heterocycles. The number of ether oxygens (including phenoxy) is 5. The highest BCUT2D eigenvalue weighted by Crippen LogP contribution is 2.44. The van der Waals surface area contributed by atoms with Crippen LogP contribution in [0.15, 0.2) is 30.3 Å². The van der Waals surface area contributed by atoms with Crippen LogP contribution in [0.4, 0.5) is 0 Å². The van der Waals surface area contributed by atoms with E-state index in [9.17, 15) is 25.5 Å². The van der Waals surface area contributed by atoms with Gasteiger partial charge in [0.05, 0.1) is 27.4 Å². The van der Waals surface area contributed by atoms with Gasteiger partial charge in [0.15, 0.2) is 11.5 Å². The average molecular weight is 464 g/mol. The fourth-order valence-electron chi connectivity index (χ4n) is 4.18. The van der Waals surface area contributed by atoms with Crippen LogP contribution < -0.4 is 18.9 Å². The summed E-state index contributed by atoms with van der Waals surface area (Å²) >= 11 is 0. The van der Waals surface area contributed by atoms with Gasteiger partial charge in [-0.2, -0.15) is 0 Å². The van der Waals surface area contributed by atoms with Gasteiger partial charge < -0.3 is 49.2 Å². The molecule has 6 atom stereocenters. The minimum atomic E-state index is -1.52. The Hall–Kier alpha value is -2.76. The van der Waals surface area contributed by atoms with E-state index in [-0.39, 0.29) is 17.4 Å². The van der Waals surface area contributed by atoms with E-state index < -0.39 is 37.3 Å². The topological polar surface area (TPSA) is 147 Å². The van der Waals surface area contributed by atoms with Crippen LogP contribution in [0.1, 0.15) is 17.0 Å². The second kappa shape index (κ2) is 9.62. The molecule has 0 spiro atoms. The number of hydrogen-bond donors (Lipinski definition) is 5. The summed E-state index contributed by atoms with van der Waals surface area (Å²) in [7, 11) is 2.96. The first-order valence-electron chi connectivity index (χ1n) is 10.5. The molecule has 0 radical (unpaired) electrons. The lowest BCUT2D eigenvalue weighted by molar-refractivity contribution is -0.277. The fourth-order valence-corrected chi connectivity index (χ4v) is 4.18. The Bertz CT molecular complexity index is 978. The molecule has 10 nitrogen and oxygen atoms in total. The number of benzene rings is 2. The minimum absolute atomic E-state index is 0.0106.